The van der Waals surface area contributed by atoms with Crippen LogP contribution in [0.4, 0.5) is 5.69 Å². The molecule has 24 heavy (non-hydrogen) atoms. The van der Waals surface area contributed by atoms with Gasteiger partial charge in [-0.05, 0) is 50.3 Å². The molecule has 0 aliphatic carbocycles. The van der Waals surface area contributed by atoms with Crippen LogP contribution in [0, 0.1) is 0 Å². The third-order valence-electron chi connectivity index (χ3n) is 2.79. The predicted molar refractivity (Wildman–Crippen MR) is 97.6 cm³/mol. The van der Waals surface area contributed by atoms with E-state index in [0.29, 0.717) is 26.0 Å². The number of thioether (sulfide) groups is 1. The van der Waals surface area contributed by atoms with E-state index in [2.05, 4.69) is 15.5 Å². The van der Waals surface area contributed by atoms with Gasteiger partial charge >= 0.3 is 0 Å². The van der Waals surface area contributed by atoms with Gasteiger partial charge in [0.05, 0.1) is 24.2 Å². The molecule has 0 aliphatic rings. The highest BCUT2D eigenvalue weighted by molar-refractivity contribution is 8.02. The summed E-state index contributed by atoms with van der Waals surface area (Å²) in [5.41, 5.74) is 0.531. The van der Waals surface area contributed by atoms with E-state index in [-0.39, 0.29) is 17.3 Å². The van der Waals surface area contributed by atoms with Crippen molar-refractivity contribution in [1.82, 2.24) is 10.2 Å². The molecule has 0 fully saturated rings. The van der Waals surface area contributed by atoms with Crippen LogP contribution in [0.1, 0.15) is 20.8 Å². The fraction of sp³-hybridized carbons (Fsp3) is 0.400. The molecule has 0 radical (unpaired) electrons. The van der Waals surface area contributed by atoms with Gasteiger partial charge in [0.1, 0.15) is 5.75 Å². The molecule has 0 saturated heterocycles. The summed E-state index contributed by atoms with van der Waals surface area (Å²) in [5, 5.41) is 11.4. The topological polar surface area (TPSA) is 73.3 Å². The minimum absolute atomic E-state index is 0.0341. The lowest BCUT2D eigenvalue weighted by Gasteiger charge is -2.13. The van der Waals surface area contributed by atoms with Crippen molar-refractivity contribution >= 4 is 46.3 Å². The van der Waals surface area contributed by atoms with Crippen LogP contribution in [0.2, 0.25) is 5.02 Å². The Morgan fingerprint density at radius 1 is 1.33 bits per heavy atom. The van der Waals surface area contributed by atoms with Crippen molar-refractivity contribution in [3.63, 3.8) is 0 Å². The quantitative estimate of drug-likeness (QED) is 0.721. The van der Waals surface area contributed by atoms with Crippen molar-refractivity contribution in [3.05, 3.63) is 23.2 Å². The molecule has 9 heteroatoms. The third-order valence-corrected chi connectivity index (χ3v) is 5.02. The number of nitrogens with zero attached hydrogens (tertiary/aromatic N) is 2. The number of carbonyl (C=O) groups is 1. The maximum atomic E-state index is 12.4. The van der Waals surface area contributed by atoms with Gasteiger partial charge in [-0.15, -0.1) is 5.10 Å². The molecule has 1 N–H and O–H groups in total. The van der Waals surface area contributed by atoms with Crippen LogP contribution in [0.5, 0.6) is 10.9 Å². The molecule has 1 amide bonds. The molecule has 130 valence electrons. The average Bonchev–Trinajstić information content (AvgIpc) is 2.93. The maximum Gasteiger partial charge on any atom is 0.295 e. The number of carbonyl (C=O) groups excluding carboxylic acids is 1. The lowest BCUT2D eigenvalue weighted by Crippen LogP contribution is -2.22. The number of aromatic nitrogens is 2. The van der Waals surface area contributed by atoms with Crippen LogP contribution < -0.4 is 14.8 Å². The third kappa shape index (κ3) is 5.25. The van der Waals surface area contributed by atoms with E-state index >= 15 is 0 Å². The monoisotopic (exact) mass is 387 g/mol. The number of hydrogen-bond acceptors (Lipinski definition) is 7. The Morgan fingerprint density at radius 3 is 2.75 bits per heavy atom. The van der Waals surface area contributed by atoms with E-state index in [9.17, 15) is 4.79 Å². The minimum atomic E-state index is -0.367. The fourth-order valence-electron chi connectivity index (χ4n) is 1.71. The largest absolute Gasteiger partial charge is 0.495 e. The molecular formula is C15H18ClN3O3S2. The Balaban J connectivity index is 1.99. The molecule has 2 aromatic rings. The van der Waals surface area contributed by atoms with Crippen LogP contribution in [-0.2, 0) is 4.79 Å². The van der Waals surface area contributed by atoms with Crippen molar-refractivity contribution in [2.24, 2.45) is 0 Å². The second-order valence-electron chi connectivity index (χ2n) is 5.09. The highest BCUT2D eigenvalue weighted by Crippen LogP contribution is 2.32. The van der Waals surface area contributed by atoms with Gasteiger partial charge in [-0.25, -0.2) is 0 Å². The lowest BCUT2D eigenvalue weighted by atomic mass is 10.3. The number of anilines is 1. The summed E-state index contributed by atoms with van der Waals surface area (Å²) in [6.45, 7) is 5.63. The Labute approximate surface area is 153 Å². The summed E-state index contributed by atoms with van der Waals surface area (Å²) in [6.07, 6.45) is 0.0341. The number of benzene rings is 1. The zero-order valence-electron chi connectivity index (χ0n) is 13.7. The van der Waals surface area contributed by atoms with Gasteiger partial charge < -0.3 is 14.8 Å². The molecule has 1 heterocycles. The molecule has 1 aromatic heterocycles. The second-order valence-corrected chi connectivity index (χ2v) is 8.06. The van der Waals surface area contributed by atoms with Gasteiger partial charge in [-0.1, -0.05) is 28.5 Å². The van der Waals surface area contributed by atoms with Crippen molar-refractivity contribution < 1.29 is 14.3 Å². The SMILES string of the molecule is COc1ccc(Cl)cc1NC(=O)C(C)Sc1nnc(OC(C)C)s1. The van der Waals surface area contributed by atoms with E-state index in [0.717, 1.165) is 0 Å². The molecule has 1 aromatic carbocycles. The first kappa shape index (κ1) is 18.8. The smallest absolute Gasteiger partial charge is 0.295 e. The van der Waals surface area contributed by atoms with Crippen molar-refractivity contribution in [2.75, 3.05) is 12.4 Å². The number of halogens is 1. The summed E-state index contributed by atoms with van der Waals surface area (Å²) >= 11 is 8.60. The van der Waals surface area contributed by atoms with E-state index in [1.165, 1.54) is 30.2 Å². The minimum Gasteiger partial charge on any atom is -0.495 e. The molecule has 0 saturated carbocycles. The predicted octanol–water partition coefficient (Wildman–Crippen LogP) is 4.11. The van der Waals surface area contributed by atoms with E-state index < -0.39 is 0 Å². The van der Waals surface area contributed by atoms with E-state index in [1.54, 1.807) is 25.1 Å². The first-order valence-corrected chi connectivity index (χ1v) is 9.27. The number of hydrogen-bond donors (Lipinski definition) is 1. The highest BCUT2D eigenvalue weighted by Gasteiger charge is 2.19. The summed E-state index contributed by atoms with van der Waals surface area (Å²) in [4.78, 5) is 12.4. The molecule has 0 bridgehead atoms. The zero-order chi connectivity index (χ0) is 17.7. The zero-order valence-corrected chi connectivity index (χ0v) is 16.1. The fourth-order valence-corrected chi connectivity index (χ4v) is 3.83. The number of nitrogens with one attached hydrogen (secondary N) is 1. The summed E-state index contributed by atoms with van der Waals surface area (Å²) in [7, 11) is 1.54. The first-order chi connectivity index (χ1) is 11.4. The van der Waals surface area contributed by atoms with Gasteiger partial charge in [-0.2, -0.15) is 0 Å². The Bertz CT molecular complexity index is 709. The molecule has 1 unspecified atom stereocenters. The van der Waals surface area contributed by atoms with Crippen molar-refractivity contribution in [1.29, 1.82) is 0 Å². The van der Waals surface area contributed by atoms with Crippen LogP contribution in [0.15, 0.2) is 22.5 Å². The molecule has 6 nitrogen and oxygen atoms in total. The molecule has 2 rings (SSSR count). The number of amides is 1. The number of ether oxygens (including phenoxy) is 2. The normalized spacial score (nSPS) is 12.1. The number of rotatable bonds is 7. The van der Waals surface area contributed by atoms with Crippen LogP contribution in [0.3, 0.4) is 0 Å². The van der Waals surface area contributed by atoms with Crippen molar-refractivity contribution in [2.45, 2.75) is 36.5 Å². The van der Waals surface area contributed by atoms with Gasteiger partial charge in [0.25, 0.3) is 5.19 Å². The molecule has 0 aliphatic heterocycles. The Morgan fingerprint density at radius 2 is 2.08 bits per heavy atom. The van der Waals surface area contributed by atoms with E-state index in [1.807, 2.05) is 13.8 Å². The summed E-state index contributed by atoms with van der Waals surface area (Å²) < 4.78 is 11.4. The van der Waals surface area contributed by atoms with Crippen LogP contribution in [-0.4, -0.2) is 34.6 Å². The summed E-state index contributed by atoms with van der Waals surface area (Å²) in [5.74, 6) is 0.371. The van der Waals surface area contributed by atoms with Gasteiger partial charge in [0.15, 0.2) is 4.34 Å². The first-order valence-electron chi connectivity index (χ1n) is 7.20. The second kappa shape index (κ2) is 8.55. The number of methoxy groups -OCH3 is 1. The van der Waals surface area contributed by atoms with Gasteiger partial charge in [0, 0.05) is 5.02 Å². The van der Waals surface area contributed by atoms with Crippen LogP contribution >= 0.6 is 34.7 Å². The lowest BCUT2D eigenvalue weighted by molar-refractivity contribution is -0.115. The van der Waals surface area contributed by atoms with E-state index in [4.69, 9.17) is 21.1 Å². The highest BCUT2D eigenvalue weighted by atomic mass is 35.5. The van der Waals surface area contributed by atoms with Gasteiger partial charge in [0.2, 0.25) is 5.91 Å². The average molecular weight is 388 g/mol. The maximum absolute atomic E-state index is 12.4. The molecule has 0 spiro atoms. The van der Waals surface area contributed by atoms with Crippen molar-refractivity contribution in [3.8, 4) is 10.9 Å². The van der Waals surface area contributed by atoms with Gasteiger partial charge in [-0.3, -0.25) is 4.79 Å². The molecular weight excluding hydrogens is 370 g/mol. The molecule has 1 atom stereocenters. The summed E-state index contributed by atoms with van der Waals surface area (Å²) in [6, 6.07) is 5.05. The Kier molecular flexibility index (Phi) is 6.70. The van der Waals surface area contributed by atoms with Crippen LogP contribution in [0.25, 0.3) is 0 Å². The Hall–Kier alpha value is -1.51. The standard InChI is InChI=1S/C15H18ClN3O3S2/c1-8(2)22-14-18-19-15(24-14)23-9(3)13(20)17-11-7-10(16)5-6-12(11)21-4/h5-9H,1-4H3,(H,17,20).